The number of para-hydroxylation sites is 1. The van der Waals surface area contributed by atoms with Crippen molar-refractivity contribution in [1.29, 1.82) is 0 Å². The first-order valence-corrected chi connectivity index (χ1v) is 13.2. The molecule has 2 aliphatic rings. The number of benzene rings is 1. The molecule has 1 N–H and O–H groups in total. The first-order valence-electron chi connectivity index (χ1n) is 12.4. The third kappa shape index (κ3) is 3.90. The lowest BCUT2D eigenvalue weighted by Gasteiger charge is -2.34. The zero-order chi connectivity index (χ0) is 24.9. The van der Waals surface area contributed by atoms with Gasteiger partial charge in [0.1, 0.15) is 22.8 Å². The van der Waals surface area contributed by atoms with Gasteiger partial charge in [-0.25, -0.2) is 15.0 Å². The molecule has 0 spiro atoms. The van der Waals surface area contributed by atoms with Gasteiger partial charge in [0, 0.05) is 42.6 Å². The molecule has 4 aromatic rings. The minimum Gasteiger partial charge on any atom is -0.493 e. The van der Waals surface area contributed by atoms with Gasteiger partial charge in [-0.15, -0.1) is 11.3 Å². The Morgan fingerprint density at radius 2 is 1.94 bits per heavy atom. The molecule has 3 aromatic heterocycles. The van der Waals surface area contributed by atoms with Crippen LogP contribution < -0.4 is 19.7 Å². The van der Waals surface area contributed by atoms with Crippen LogP contribution in [0.2, 0.25) is 0 Å². The van der Waals surface area contributed by atoms with E-state index in [0.717, 1.165) is 62.9 Å². The highest BCUT2D eigenvalue weighted by Gasteiger charge is 2.33. The normalized spacial score (nSPS) is 16.9. The zero-order valence-electron chi connectivity index (χ0n) is 21.2. The second kappa shape index (κ2) is 9.05. The van der Waals surface area contributed by atoms with Crippen LogP contribution in [0, 0.1) is 0 Å². The van der Waals surface area contributed by atoms with Crippen LogP contribution in [0.5, 0.6) is 11.5 Å². The van der Waals surface area contributed by atoms with Gasteiger partial charge in [0.05, 0.1) is 36.6 Å². The first-order chi connectivity index (χ1) is 17.5. The minimum absolute atomic E-state index is 0.227. The van der Waals surface area contributed by atoms with E-state index in [1.54, 1.807) is 31.9 Å². The van der Waals surface area contributed by atoms with Crippen LogP contribution in [0.3, 0.4) is 0 Å². The quantitative estimate of drug-likeness (QED) is 0.377. The van der Waals surface area contributed by atoms with Gasteiger partial charge < -0.3 is 24.4 Å². The van der Waals surface area contributed by atoms with E-state index < -0.39 is 0 Å². The molecule has 8 nitrogen and oxygen atoms in total. The van der Waals surface area contributed by atoms with Gasteiger partial charge in [0.15, 0.2) is 11.5 Å². The fraction of sp³-hybridized carbons (Fsp3) is 0.444. The molecule has 2 aliphatic heterocycles. The van der Waals surface area contributed by atoms with E-state index in [0.29, 0.717) is 18.9 Å². The molecular weight excluding hydrogens is 474 g/mol. The van der Waals surface area contributed by atoms with E-state index in [2.05, 4.69) is 29.0 Å². The Balaban J connectivity index is 1.46. The molecule has 1 saturated heterocycles. The van der Waals surface area contributed by atoms with Crippen molar-refractivity contribution >= 4 is 43.4 Å². The number of rotatable bonds is 6. The summed E-state index contributed by atoms with van der Waals surface area (Å²) in [5, 5.41) is 4.66. The number of pyridine rings is 1. The summed E-state index contributed by atoms with van der Waals surface area (Å²) in [6.07, 6.45) is 4.90. The Morgan fingerprint density at radius 1 is 1.11 bits per heavy atom. The Bertz CT molecular complexity index is 1440. The number of thiophene rings is 1. The highest BCUT2D eigenvalue weighted by atomic mass is 32.1. The Kier molecular flexibility index (Phi) is 5.84. The smallest absolute Gasteiger partial charge is 0.165 e. The number of methoxy groups -OCH3 is 2. The van der Waals surface area contributed by atoms with Crippen molar-refractivity contribution in [2.24, 2.45) is 0 Å². The van der Waals surface area contributed by atoms with Crippen molar-refractivity contribution in [3.05, 3.63) is 41.2 Å². The summed E-state index contributed by atoms with van der Waals surface area (Å²) in [6, 6.07) is 5.89. The number of aromatic nitrogens is 3. The summed E-state index contributed by atoms with van der Waals surface area (Å²) in [7, 11) is 3.31. The predicted octanol–water partition coefficient (Wildman–Crippen LogP) is 5.32. The van der Waals surface area contributed by atoms with Crippen molar-refractivity contribution in [2.75, 3.05) is 37.5 Å². The SMILES string of the molecule is COc1cccc(CNc2ncnc3c2sc2nc(N4CCCC4)c4c(c23)CC(C)(C)OC4)c1OC. The monoisotopic (exact) mass is 505 g/mol. The Labute approximate surface area is 214 Å². The second-order valence-electron chi connectivity index (χ2n) is 10.0. The Hall–Kier alpha value is -3.17. The molecule has 0 radical (unpaired) electrons. The number of ether oxygens (including phenoxy) is 3. The van der Waals surface area contributed by atoms with Crippen molar-refractivity contribution in [3.63, 3.8) is 0 Å². The summed E-state index contributed by atoms with van der Waals surface area (Å²) in [6.45, 7) is 7.56. The van der Waals surface area contributed by atoms with E-state index >= 15 is 0 Å². The van der Waals surface area contributed by atoms with Gasteiger partial charge in [0.25, 0.3) is 0 Å². The van der Waals surface area contributed by atoms with Gasteiger partial charge in [-0.1, -0.05) is 12.1 Å². The van der Waals surface area contributed by atoms with Gasteiger partial charge in [-0.05, 0) is 38.3 Å². The topological polar surface area (TPSA) is 81.6 Å². The average molecular weight is 506 g/mol. The number of nitrogens with one attached hydrogen (secondary N) is 1. The van der Waals surface area contributed by atoms with Crippen molar-refractivity contribution in [1.82, 2.24) is 15.0 Å². The molecule has 0 unspecified atom stereocenters. The maximum Gasteiger partial charge on any atom is 0.165 e. The van der Waals surface area contributed by atoms with E-state index in [9.17, 15) is 0 Å². The standard InChI is InChI=1S/C27H31N5O3S/c1-27(2)12-17-18(14-35-27)25(32-10-5-6-11-32)31-26-20(17)21-23(36-26)24(30-15-29-21)28-13-16-8-7-9-19(33-3)22(16)34-4/h7-9,15H,5-6,10-14H2,1-4H3,(H,28,29,30). The van der Waals surface area contributed by atoms with Crippen molar-refractivity contribution in [2.45, 2.75) is 51.9 Å². The highest BCUT2D eigenvalue weighted by Crippen LogP contribution is 2.44. The molecule has 5 heterocycles. The van der Waals surface area contributed by atoms with Crippen molar-refractivity contribution < 1.29 is 14.2 Å². The number of anilines is 2. The van der Waals surface area contributed by atoms with Crippen LogP contribution in [0.4, 0.5) is 11.6 Å². The first kappa shape index (κ1) is 23.2. The van der Waals surface area contributed by atoms with E-state index in [-0.39, 0.29) is 5.60 Å². The highest BCUT2D eigenvalue weighted by molar-refractivity contribution is 7.26. The van der Waals surface area contributed by atoms with E-state index in [1.807, 2.05) is 18.2 Å². The molecule has 0 aliphatic carbocycles. The van der Waals surface area contributed by atoms with Crippen LogP contribution in [0.15, 0.2) is 24.5 Å². The van der Waals surface area contributed by atoms with Gasteiger partial charge in [-0.3, -0.25) is 0 Å². The molecule has 0 bridgehead atoms. The van der Waals surface area contributed by atoms with E-state index in [4.69, 9.17) is 24.2 Å². The molecule has 188 valence electrons. The van der Waals surface area contributed by atoms with Gasteiger partial charge >= 0.3 is 0 Å². The fourth-order valence-electron chi connectivity index (χ4n) is 5.38. The fourth-order valence-corrected chi connectivity index (χ4v) is 6.50. The zero-order valence-corrected chi connectivity index (χ0v) is 22.0. The van der Waals surface area contributed by atoms with Crippen LogP contribution in [-0.2, 0) is 24.3 Å². The molecule has 6 rings (SSSR count). The lowest BCUT2D eigenvalue weighted by atomic mass is 9.90. The number of hydrogen-bond donors (Lipinski definition) is 1. The molecule has 1 fully saturated rings. The van der Waals surface area contributed by atoms with Crippen LogP contribution in [0.1, 0.15) is 43.4 Å². The summed E-state index contributed by atoms with van der Waals surface area (Å²) in [5.41, 5.74) is 4.27. The average Bonchev–Trinajstić information content (AvgIpc) is 3.54. The molecular formula is C27H31N5O3S. The summed E-state index contributed by atoms with van der Waals surface area (Å²) in [5.74, 6) is 3.32. The summed E-state index contributed by atoms with van der Waals surface area (Å²) < 4.78 is 18.3. The van der Waals surface area contributed by atoms with Crippen LogP contribution >= 0.6 is 11.3 Å². The lowest BCUT2D eigenvalue weighted by Crippen LogP contribution is -2.33. The van der Waals surface area contributed by atoms with Crippen molar-refractivity contribution in [3.8, 4) is 11.5 Å². The molecule has 1 aromatic carbocycles. The van der Waals surface area contributed by atoms with Crippen LogP contribution in [0.25, 0.3) is 20.4 Å². The number of nitrogens with zero attached hydrogens (tertiary/aromatic N) is 4. The second-order valence-corrected chi connectivity index (χ2v) is 11.0. The third-order valence-corrected chi connectivity index (χ3v) is 8.22. The largest absolute Gasteiger partial charge is 0.493 e. The molecule has 0 amide bonds. The summed E-state index contributed by atoms with van der Waals surface area (Å²) >= 11 is 1.66. The number of fused-ring (bicyclic) bond motifs is 5. The number of hydrogen-bond acceptors (Lipinski definition) is 9. The third-order valence-electron chi connectivity index (χ3n) is 7.14. The maximum absolute atomic E-state index is 6.25. The lowest BCUT2D eigenvalue weighted by molar-refractivity contribution is -0.0395. The molecule has 0 atom stereocenters. The van der Waals surface area contributed by atoms with Gasteiger partial charge in [-0.2, -0.15) is 0 Å². The molecule has 36 heavy (non-hydrogen) atoms. The maximum atomic E-state index is 6.25. The van der Waals surface area contributed by atoms with E-state index in [1.165, 1.54) is 24.0 Å². The summed E-state index contributed by atoms with van der Waals surface area (Å²) in [4.78, 5) is 18.0. The minimum atomic E-state index is -0.227. The van der Waals surface area contributed by atoms with Crippen LogP contribution in [-0.4, -0.2) is 47.9 Å². The molecule has 9 heteroatoms. The molecule has 0 saturated carbocycles. The van der Waals surface area contributed by atoms with Gasteiger partial charge in [0.2, 0.25) is 0 Å². The Morgan fingerprint density at radius 3 is 2.72 bits per heavy atom. The predicted molar refractivity (Wildman–Crippen MR) is 144 cm³/mol.